The summed E-state index contributed by atoms with van der Waals surface area (Å²) in [7, 11) is 0. The van der Waals surface area contributed by atoms with Crippen LogP contribution in [0.3, 0.4) is 0 Å². The second kappa shape index (κ2) is 5.14. The minimum Gasteiger partial charge on any atom is -0.397 e. The van der Waals surface area contributed by atoms with E-state index in [0.717, 1.165) is 33.5 Å². The zero-order chi connectivity index (χ0) is 12.5. The third kappa shape index (κ3) is 2.26. The molecule has 0 spiro atoms. The number of thioether (sulfide) groups is 2. The Balaban J connectivity index is 1.87. The van der Waals surface area contributed by atoms with Crippen LogP contribution in [0.25, 0.3) is 10.8 Å². The standard InChI is InChI=1S/C11H13N3OS3/c1-6-4-18-9(8(6)12)11-13-10(14-15-11)7-5-16-2-3-17-7/h4,7H,2-3,5,12H2,1H3. The fraction of sp³-hybridized carbons (Fsp3) is 0.455. The van der Waals surface area contributed by atoms with Crippen LogP contribution in [-0.4, -0.2) is 27.4 Å². The molecule has 18 heavy (non-hydrogen) atoms. The van der Waals surface area contributed by atoms with E-state index in [2.05, 4.69) is 10.1 Å². The van der Waals surface area contributed by atoms with Crippen LogP contribution in [-0.2, 0) is 0 Å². The van der Waals surface area contributed by atoms with Gasteiger partial charge in [0.05, 0.1) is 10.9 Å². The number of anilines is 1. The lowest BCUT2D eigenvalue weighted by atomic mass is 10.3. The molecule has 1 aliphatic rings. The average molecular weight is 299 g/mol. The Kier molecular flexibility index (Phi) is 3.54. The van der Waals surface area contributed by atoms with Gasteiger partial charge in [-0.05, 0) is 17.9 Å². The van der Waals surface area contributed by atoms with Crippen LogP contribution in [0.1, 0.15) is 16.6 Å². The average Bonchev–Trinajstić information content (AvgIpc) is 3.00. The number of nitrogens with zero attached hydrogens (tertiary/aromatic N) is 2. The van der Waals surface area contributed by atoms with Crippen molar-refractivity contribution in [1.82, 2.24) is 10.1 Å². The molecule has 2 N–H and O–H groups in total. The van der Waals surface area contributed by atoms with E-state index in [9.17, 15) is 0 Å². The highest BCUT2D eigenvalue weighted by Gasteiger charge is 2.23. The number of nitrogens with two attached hydrogens (primary N) is 1. The van der Waals surface area contributed by atoms with E-state index in [0.29, 0.717) is 11.1 Å². The second-order valence-corrected chi connectivity index (χ2v) is 7.39. The minimum absolute atomic E-state index is 0.350. The van der Waals surface area contributed by atoms with Gasteiger partial charge in [0.15, 0.2) is 5.82 Å². The Hall–Kier alpha value is -0.660. The SMILES string of the molecule is Cc1csc(-c2nc(C3CSCCS3)no2)c1N. The summed E-state index contributed by atoms with van der Waals surface area (Å²) in [6.07, 6.45) is 0. The first-order chi connectivity index (χ1) is 8.75. The Morgan fingerprint density at radius 3 is 3.00 bits per heavy atom. The van der Waals surface area contributed by atoms with Gasteiger partial charge in [-0.1, -0.05) is 5.16 Å². The van der Waals surface area contributed by atoms with Gasteiger partial charge in [0.25, 0.3) is 5.89 Å². The van der Waals surface area contributed by atoms with Gasteiger partial charge in [-0.25, -0.2) is 0 Å². The lowest BCUT2D eigenvalue weighted by molar-refractivity contribution is 0.424. The molecule has 0 aliphatic carbocycles. The van der Waals surface area contributed by atoms with Crippen LogP contribution < -0.4 is 5.73 Å². The summed E-state index contributed by atoms with van der Waals surface area (Å²) in [6.45, 7) is 1.99. The quantitative estimate of drug-likeness (QED) is 0.918. The van der Waals surface area contributed by atoms with Crippen LogP contribution in [0, 0.1) is 6.92 Å². The molecule has 0 radical (unpaired) electrons. The normalized spacial score (nSPS) is 20.2. The number of hydrogen-bond donors (Lipinski definition) is 1. The first kappa shape index (κ1) is 12.4. The van der Waals surface area contributed by atoms with Crippen LogP contribution >= 0.6 is 34.9 Å². The molecule has 1 aliphatic heterocycles. The third-order valence-electron chi connectivity index (χ3n) is 2.76. The van der Waals surface area contributed by atoms with Crippen LogP contribution in [0.2, 0.25) is 0 Å². The van der Waals surface area contributed by atoms with Crippen molar-refractivity contribution in [1.29, 1.82) is 0 Å². The molecule has 1 unspecified atom stereocenters. The van der Waals surface area contributed by atoms with Crippen molar-refractivity contribution in [2.45, 2.75) is 12.2 Å². The summed E-state index contributed by atoms with van der Waals surface area (Å²) in [5, 5.41) is 6.46. The Morgan fingerprint density at radius 2 is 2.33 bits per heavy atom. The molecule has 96 valence electrons. The highest BCUT2D eigenvalue weighted by Crippen LogP contribution is 2.38. The summed E-state index contributed by atoms with van der Waals surface area (Å²) in [5.74, 6) is 4.77. The minimum atomic E-state index is 0.350. The molecule has 0 saturated carbocycles. The smallest absolute Gasteiger partial charge is 0.270 e. The van der Waals surface area contributed by atoms with Gasteiger partial charge in [-0.3, -0.25) is 0 Å². The summed E-state index contributed by atoms with van der Waals surface area (Å²) in [6, 6.07) is 0. The van der Waals surface area contributed by atoms with Crippen molar-refractivity contribution in [3.8, 4) is 10.8 Å². The van der Waals surface area contributed by atoms with Crippen molar-refractivity contribution in [3.63, 3.8) is 0 Å². The van der Waals surface area contributed by atoms with Crippen molar-refractivity contribution >= 4 is 40.5 Å². The van der Waals surface area contributed by atoms with Gasteiger partial charge in [0.1, 0.15) is 4.88 Å². The molecule has 2 aromatic heterocycles. The summed E-state index contributed by atoms with van der Waals surface area (Å²) < 4.78 is 5.34. The van der Waals surface area contributed by atoms with Gasteiger partial charge in [-0.15, -0.1) is 23.1 Å². The van der Waals surface area contributed by atoms with Gasteiger partial charge >= 0.3 is 0 Å². The predicted octanol–water partition coefficient (Wildman–Crippen LogP) is 3.21. The molecule has 3 heterocycles. The Bertz CT molecular complexity index is 545. The van der Waals surface area contributed by atoms with Gasteiger partial charge < -0.3 is 10.3 Å². The molecule has 7 heteroatoms. The van der Waals surface area contributed by atoms with Crippen molar-refractivity contribution in [2.75, 3.05) is 23.0 Å². The van der Waals surface area contributed by atoms with Crippen LogP contribution in [0.5, 0.6) is 0 Å². The molecule has 4 nitrogen and oxygen atoms in total. The first-order valence-electron chi connectivity index (χ1n) is 5.62. The van der Waals surface area contributed by atoms with E-state index >= 15 is 0 Å². The monoisotopic (exact) mass is 299 g/mol. The lowest BCUT2D eigenvalue weighted by Gasteiger charge is -2.16. The summed E-state index contributed by atoms with van der Waals surface area (Å²) >= 11 is 5.40. The van der Waals surface area contributed by atoms with Crippen molar-refractivity contribution < 1.29 is 4.52 Å². The molecular formula is C11H13N3OS3. The van der Waals surface area contributed by atoms with Crippen LogP contribution in [0.4, 0.5) is 5.69 Å². The Labute approximate surface area is 118 Å². The Morgan fingerprint density at radius 1 is 1.44 bits per heavy atom. The maximum atomic E-state index is 6.00. The molecule has 0 aromatic carbocycles. The molecule has 0 bridgehead atoms. The number of nitrogen functional groups attached to an aromatic ring is 1. The van der Waals surface area contributed by atoms with E-state index in [4.69, 9.17) is 10.3 Å². The first-order valence-corrected chi connectivity index (χ1v) is 8.71. The zero-order valence-corrected chi connectivity index (χ0v) is 12.3. The molecule has 1 fully saturated rings. The van der Waals surface area contributed by atoms with Crippen molar-refractivity contribution in [3.05, 3.63) is 16.8 Å². The highest BCUT2D eigenvalue weighted by atomic mass is 32.2. The number of aromatic nitrogens is 2. The number of aryl methyl sites for hydroxylation is 1. The van der Waals surface area contributed by atoms with E-state index in [-0.39, 0.29) is 0 Å². The topological polar surface area (TPSA) is 64.9 Å². The third-order valence-corrected chi connectivity index (χ3v) is 6.62. The fourth-order valence-corrected chi connectivity index (χ4v) is 5.20. The molecular weight excluding hydrogens is 286 g/mol. The maximum Gasteiger partial charge on any atom is 0.270 e. The number of rotatable bonds is 2. The number of hydrogen-bond acceptors (Lipinski definition) is 7. The summed E-state index contributed by atoms with van der Waals surface area (Å²) in [4.78, 5) is 5.39. The van der Waals surface area contributed by atoms with E-state index < -0.39 is 0 Å². The molecule has 3 rings (SSSR count). The van der Waals surface area contributed by atoms with E-state index in [1.54, 1.807) is 11.3 Å². The fourth-order valence-electron chi connectivity index (χ4n) is 1.71. The highest BCUT2D eigenvalue weighted by molar-refractivity contribution is 8.06. The molecule has 0 amide bonds. The zero-order valence-electron chi connectivity index (χ0n) is 9.88. The van der Waals surface area contributed by atoms with Crippen LogP contribution in [0.15, 0.2) is 9.90 Å². The van der Waals surface area contributed by atoms with E-state index in [1.807, 2.05) is 35.8 Å². The molecule has 2 aromatic rings. The van der Waals surface area contributed by atoms with Gasteiger partial charge in [0, 0.05) is 17.3 Å². The van der Waals surface area contributed by atoms with Crippen molar-refractivity contribution in [2.24, 2.45) is 0 Å². The predicted molar refractivity (Wildman–Crippen MR) is 79.3 cm³/mol. The number of thiophene rings is 1. The maximum absolute atomic E-state index is 6.00. The summed E-state index contributed by atoms with van der Waals surface area (Å²) in [5.41, 5.74) is 7.81. The second-order valence-electron chi connectivity index (χ2n) is 4.05. The van der Waals surface area contributed by atoms with E-state index in [1.165, 1.54) is 5.75 Å². The van der Waals surface area contributed by atoms with Gasteiger partial charge in [-0.2, -0.15) is 16.7 Å². The largest absolute Gasteiger partial charge is 0.397 e. The molecule has 1 saturated heterocycles. The molecule has 1 atom stereocenters. The lowest BCUT2D eigenvalue weighted by Crippen LogP contribution is -2.07. The van der Waals surface area contributed by atoms with Gasteiger partial charge in [0.2, 0.25) is 0 Å².